The van der Waals surface area contributed by atoms with Gasteiger partial charge in [0.1, 0.15) is 0 Å². The van der Waals surface area contributed by atoms with Crippen LogP contribution in [0.1, 0.15) is 33.6 Å². The van der Waals surface area contributed by atoms with E-state index in [1.165, 1.54) is 0 Å². The Hall–Kier alpha value is -0.610. The Morgan fingerprint density at radius 2 is 1.71 bits per heavy atom. The molecule has 0 aliphatic carbocycles. The summed E-state index contributed by atoms with van der Waals surface area (Å²) in [6, 6.07) is 0.416. The molecule has 0 radical (unpaired) electrons. The van der Waals surface area contributed by atoms with Crippen molar-refractivity contribution in [2.24, 2.45) is 0 Å². The van der Waals surface area contributed by atoms with Crippen LogP contribution < -0.4 is 10.6 Å². The lowest BCUT2D eigenvalue weighted by Crippen LogP contribution is -2.41. The summed E-state index contributed by atoms with van der Waals surface area (Å²) in [4.78, 5) is 10.6. The molecule has 86 valence electrons. The SMILES string of the molecule is CC.CC(=O)NC1CCNCC1.CO. The summed E-state index contributed by atoms with van der Waals surface area (Å²) in [5.74, 6) is 0.0897. The molecule has 1 rings (SSSR count). The number of amides is 1. The molecule has 14 heavy (non-hydrogen) atoms. The highest BCUT2D eigenvalue weighted by Crippen LogP contribution is 2.00. The third-order valence-electron chi connectivity index (χ3n) is 1.75. The van der Waals surface area contributed by atoms with E-state index < -0.39 is 0 Å². The van der Waals surface area contributed by atoms with Gasteiger partial charge in [-0.2, -0.15) is 0 Å². The number of aliphatic hydroxyl groups excluding tert-OH is 1. The van der Waals surface area contributed by atoms with Crippen LogP contribution in [0, 0.1) is 0 Å². The average molecular weight is 204 g/mol. The van der Waals surface area contributed by atoms with Crippen LogP contribution in [0.15, 0.2) is 0 Å². The van der Waals surface area contributed by atoms with Gasteiger partial charge in [0.05, 0.1) is 0 Å². The van der Waals surface area contributed by atoms with Gasteiger partial charge in [-0.25, -0.2) is 0 Å². The minimum atomic E-state index is 0.0897. The van der Waals surface area contributed by atoms with Crippen LogP contribution in [-0.4, -0.2) is 37.3 Å². The maximum absolute atomic E-state index is 10.6. The van der Waals surface area contributed by atoms with E-state index in [2.05, 4.69) is 10.6 Å². The first-order valence-electron chi connectivity index (χ1n) is 5.21. The Balaban J connectivity index is 0. The van der Waals surface area contributed by atoms with Crippen molar-refractivity contribution in [1.29, 1.82) is 0 Å². The first kappa shape index (κ1) is 15.8. The van der Waals surface area contributed by atoms with Crippen LogP contribution in [0.3, 0.4) is 0 Å². The molecule has 0 saturated carbocycles. The predicted molar refractivity (Wildman–Crippen MR) is 59.2 cm³/mol. The van der Waals surface area contributed by atoms with Crippen LogP contribution in [-0.2, 0) is 4.79 Å². The summed E-state index contributed by atoms with van der Waals surface area (Å²) in [6.07, 6.45) is 2.14. The molecule has 4 nitrogen and oxygen atoms in total. The zero-order valence-corrected chi connectivity index (χ0v) is 9.76. The lowest BCUT2D eigenvalue weighted by molar-refractivity contribution is -0.119. The van der Waals surface area contributed by atoms with Crippen molar-refractivity contribution in [2.45, 2.75) is 39.7 Å². The van der Waals surface area contributed by atoms with E-state index in [1.807, 2.05) is 13.8 Å². The summed E-state index contributed by atoms with van der Waals surface area (Å²) < 4.78 is 0. The van der Waals surface area contributed by atoms with Gasteiger partial charge < -0.3 is 15.7 Å². The first-order chi connectivity index (χ1) is 6.79. The Morgan fingerprint density at radius 3 is 2.07 bits per heavy atom. The largest absolute Gasteiger partial charge is 0.400 e. The molecule has 1 aliphatic rings. The van der Waals surface area contributed by atoms with E-state index in [0.717, 1.165) is 33.0 Å². The molecule has 1 fully saturated rings. The van der Waals surface area contributed by atoms with Crippen molar-refractivity contribution >= 4 is 5.91 Å². The lowest BCUT2D eigenvalue weighted by atomic mass is 10.1. The van der Waals surface area contributed by atoms with Gasteiger partial charge in [0, 0.05) is 20.1 Å². The van der Waals surface area contributed by atoms with E-state index in [1.54, 1.807) is 6.92 Å². The quantitative estimate of drug-likeness (QED) is 0.583. The number of nitrogens with one attached hydrogen (secondary N) is 2. The molecule has 1 heterocycles. The van der Waals surface area contributed by atoms with Gasteiger partial charge in [-0.1, -0.05) is 13.8 Å². The second kappa shape index (κ2) is 12.4. The van der Waals surface area contributed by atoms with Crippen LogP contribution in [0.4, 0.5) is 0 Å². The molecule has 1 amide bonds. The highest BCUT2D eigenvalue weighted by molar-refractivity contribution is 5.73. The summed E-state index contributed by atoms with van der Waals surface area (Å²) in [5.41, 5.74) is 0. The van der Waals surface area contributed by atoms with Gasteiger partial charge in [-0.05, 0) is 25.9 Å². The normalized spacial score (nSPS) is 15.5. The predicted octanol–water partition coefficient (Wildman–Crippen LogP) is 0.509. The Kier molecular flexibility index (Phi) is 14.0. The fraction of sp³-hybridized carbons (Fsp3) is 0.900. The molecule has 4 heteroatoms. The summed E-state index contributed by atoms with van der Waals surface area (Å²) in [5, 5.41) is 13.1. The van der Waals surface area contributed by atoms with Crippen LogP contribution in [0.5, 0.6) is 0 Å². The summed E-state index contributed by atoms with van der Waals surface area (Å²) in [6.45, 7) is 7.64. The zero-order valence-electron chi connectivity index (χ0n) is 9.76. The van der Waals surface area contributed by atoms with Crippen molar-refractivity contribution in [3.63, 3.8) is 0 Å². The lowest BCUT2D eigenvalue weighted by Gasteiger charge is -2.22. The van der Waals surface area contributed by atoms with E-state index in [9.17, 15) is 4.79 Å². The molecule has 1 saturated heterocycles. The molecule has 0 bridgehead atoms. The molecular weight excluding hydrogens is 180 g/mol. The number of piperidine rings is 1. The van der Waals surface area contributed by atoms with E-state index in [-0.39, 0.29) is 5.91 Å². The van der Waals surface area contributed by atoms with Crippen molar-refractivity contribution in [3.05, 3.63) is 0 Å². The molecule has 0 atom stereocenters. The van der Waals surface area contributed by atoms with Gasteiger partial charge in [0.15, 0.2) is 0 Å². The van der Waals surface area contributed by atoms with Crippen molar-refractivity contribution in [2.75, 3.05) is 20.2 Å². The van der Waals surface area contributed by atoms with Gasteiger partial charge in [-0.15, -0.1) is 0 Å². The number of hydrogen-bond donors (Lipinski definition) is 3. The van der Waals surface area contributed by atoms with E-state index in [4.69, 9.17) is 5.11 Å². The number of carbonyl (C=O) groups is 1. The standard InChI is InChI=1S/C7H14N2O.C2H6.CH4O/c1-6(10)9-7-2-4-8-5-3-7;2*1-2/h7-8H,2-5H2,1H3,(H,9,10);1-2H3;2H,1H3. The maximum atomic E-state index is 10.6. The van der Waals surface area contributed by atoms with Gasteiger partial charge >= 0.3 is 0 Å². The second-order valence-electron chi connectivity index (χ2n) is 2.72. The smallest absolute Gasteiger partial charge is 0.217 e. The monoisotopic (exact) mass is 204 g/mol. The topological polar surface area (TPSA) is 61.4 Å². The molecule has 0 aromatic heterocycles. The highest BCUT2D eigenvalue weighted by Gasteiger charge is 2.12. The molecule has 0 spiro atoms. The molecule has 0 aromatic carbocycles. The summed E-state index contributed by atoms with van der Waals surface area (Å²) >= 11 is 0. The fourth-order valence-corrected chi connectivity index (χ4v) is 1.25. The maximum Gasteiger partial charge on any atom is 0.217 e. The van der Waals surface area contributed by atoms with Crippen molar-refractivity contribution in [1.82, 2.24) is 10.6 Å². The molecule has 0 aromatic rings. The van der Waals surface area contributed by atoms with E-state index in [0.29, 0.717) is 6.04 Å². The van der Waals surface area contributed by atoms with Crippen LogP contribution >= 0.6 is 0 Å². The van der Waals surface area contributed by atoms with Crippen molar-refractivity contribution in [3.8, 4) is 0 Å². The van der Waals surface area contributed by atoms with Gasteiger partial charge in [-0.3, -0.25) is 4.79 Å². The van der Waals surface area contributed by atoms with E-state index >= 15 is 0 Å². The number of hydrogen-bond acceptors (Lipinski definition) is 3. The van der Waals surface area contributed by atoms with Gasteiger partial charge in [0.25, 0.3) is 0 Å². The third-order valence-corrected chi connectivity index (χ3v) is 1.75. The average Bonchev–Trinajstić information content (AvgIpc) is 2.24. The molecule has 3 N–H and O–H groups in total. The highest BCUT2D eigenvalue weighted by atomic mass is 16.2. The fourth-order valence-electron chi connectivity index (χ4n) is 1.25. The Labute approximate surface area is 87.1 Å². The minimum Gasteiger partial charge on any atom is -0.400 e. The first-order valence-corrected chi connectivity index (χ1v) is 5.21. The number of carbonyl (C=O) groups excluding carboxylic acids is 1. The zero-order chi connectivity index (χ0) is 11.4. The van der Waals surface area contributed by atoms with Crippen LogP contribution in [0.2, 0.25) is 0 Å². The Bertz CT molecular complexity index is 123. The molecule has 1 aliphatic heterocycles. The second-order valence-corrected chi connectivity index (χ2v) is 2.72. The molecule has 0 unspecified atom stereocenters. The number of rotatable bonds is 1. The van der Waals surface area contributed by atoms with Gasteiger partial charge in [0.2, 0.25) is 5.91 Å². The Morgan fingerprint density at radius 1 is 1.29 bits per heavy atom. The molecular formula is C10H24N2O2. The minimum absolute atomic E-state index is 0.0897. The van der Waals surface area contributed by atoms with Crippen LogP contribution in [0.25, 0.3) is 0 Å². The van der Waals surface area contributed by atoms with Crippen molar-refractivity contribution < 1.29 is 9.90 Å². The third kappa shape index (κ3) is 9.48. The number of aliphatic hydroxyl groups is 1. The summed E-state index contributed by atoms with van der Waals surface area (Å²) in [7, 11) is 1.00.